The normalized spacial score (nSPS) is 19.0. The van der Waals surface area contributed by atoms with Gasteiger partial charge in [-0.15, -0.1) is 0 Å². The maximum atomic E-state index is 12.4. The third-order valence-electron chi connectivity index (χ3n) is 4.21. The number of ether oxygens (including phenoxy) is 1. The molecule has 2 atom stereocenters. The molecule has 0 aliphatic carbocycles. The number of carbonyl (C=O) groups is 2. The number of nitrogens with one attached hydrogen (secondary N) is 1. The zero-order valence-corrected chi connectivity index (χ0v) is 15.7. The van der Waals surface area contributed by atoms with Crippen LogP contribution in [0.4, 0.5) is 4.79 Å². The molecule has 7 nitrogen and oxygen atoms in total. The van der Waals surface area contributed by atoms with Crippen molar-refractivity contribution in [3.05, 3.63) is 0 Å². The summed E-state index contributed by atoms with van der Waals surface area (Å²) < 4.78 is 5.31. The molecule has 140 valence electrons. The van der Waals surface area contributed by atoms with Crippen LogP contribution in [0.25, 0.3) is 0 Å². The Morgan fingerprint density at radius 3 is 2.38 bits per heavy atom. The predicted octanol–water partition coefficient (Wildman–Crippen LogP) is 1.20. The molecule has 0 saturated carbocycles. The summed E-state index contributed by atoms with van der Waals surface area (Å²) in [6.07, 6.45) is 0.847. The van der Waals surface area contributed by atoms with Gasteiger partial charge in [0.05, 0.1) is 12.6 Å². The molecule has 2 amide bonds. The van der Waals surface area contributed by atoms with Gasteiger partial charge in [0.15, 0.2) is 0 Å². The fourth-order valence-corrected chi connectivity index (χ4v) is 2.58. The van der Waals surface area contributed by atoms with Gasteiger partial charge >= 0.3 is 6.09 Å². The largest absolute Gasteiger partial charge is 0.444 e. The average Bonchev–Trinajstić information content (AvgIpc) is 2.43. The first-order valence-corrected chi connectivity index (χ1v) is 8.85. The minimum absolute atomic E-state index is 0.105. The molecule has 1 fully saturated rings. The van der Waals surface area contributed by atoms with Gasteiger partial charge in [0.1, 0.15) is 11.6 Å². The van der Waals surface area contributed by atoms with E-state index >= 15 is 0 Å². The van der Waals surface area contributed by atoms with E-state index in [-0.39, 0.29) is 18.6 Å². The lowest BCUT2D eigenvalue weighted by atomic mass is 10.0. The van der Waals surface area contributed by atoms with Crippen LogP contribution in [-0.2, 0) is 9.53 Å². The second-order valence-corrected chi connectivity index (χ2v) is 7.18. The van der Waals surface area contributed by atoms with Crippen LogP contribution in [-0.4, -0.2) is 77.4 Å². The number of aliphatic hydroxyl groups is 1. The van der Waals surface area contributed by atoms with E-state index in [0.29, 0.717) is 19.4 Å². The molecule has 0 radical (unpaired) electrons. The van der Waals surface area contributed by atoms with Gasteiger partial charge in [0.25, 0.3) is 0 Å². The van der Waals surface area contributed by atoms with Crippen molar-refractivity contribution in [1.82, 2.24) is 15.1 Å². The summed E-state index contributed by atoms with van der Waals surface area (Å²) in [6, 6.07) is -0.790. The Kier molecular flexibility index (Phi) is 7.96. The molecule has 1 aliphatic rings. The highest BCUT2D eigenvalue weighted by atomic mass is 16.6. The van der Waals surface area contributed by atoms with Crippen molar-refractivity contribution in [2.24, 2.45) is 0 Å². The van der Waals surface area contributed by atoms with Gasteiger partial charge in [0, 0.05) is 13.1 Å². The van der Waals surface area contributed by atoms with Crippen LogP contribution in [0.2, 0.25) is 0 Å². The Morgan fingerprint density at radius 2 is 1.96 bits per heavy atom. The summed E-state index contributed by atoms with van der Waals surface area (Å²) >= 11 is 0. The number of nitrogens with zero attached hydrogens (tertiary/aromatic N) is 2. The number of aliphatic hydroxyl groups excluding tert-OH is 1. The predicted molar refractivity (Wildman–Crippen MR) is 92.8 cm³/mol. The van der Waals surface area contributed by atoms with Crippen LogP contribution in [0.5, 0.6) is 0 Å². The minimum atomic E-state index is -0.578. The topological polar surface area (TPSA) is 82.1 Å². The monoisotopic (exact) mass is 343 g/mol. The van der Waals surface area contributed by atoms with Crippen molar-refractivity contribution in [3.63, 3.8) is 0 Å². The number of carbonyl (C=O) groups excluding carboxylic acids is 2. The van der Waals surface area contributed by atoms with Gasteiger partial charge < -0.3 is 20.1 Å². The van der Waals surface area contributed by atoms with E-state index in [1.807, 2.05) is 0 Å². The van der Waals surface area contributed by atoms with Gasteiger partial charge in [-0.2, -0.15) is 0 Å². The van der Waals surface area contributed by atoms with Gasteiger partial charge in [0.2, 0.25) is 5.91 Å². The molecule has 1 saturated heterocycles. The highest BCUT2D eigenvalue weighted by Gasteiger charge is 2.40. The molecule has 0 spiro atoms. The fourth-order valence-electron chi connectivity index (χ4n) is 2.58. The van der Waals surface area contributed by atoms with Crippen LogP contribution in [0.1, 0.15) is 47.5 Å². The Bertz CT molecular complexity index is 419. The molecule has 0 aromatic rings. The van der Waals surface area contributed by atoms with Crippen LogP contribution in [0, 0.1) is 0 Å². The van der Waals surface area contributed by atoms with Crippen LogP contribution >= 0.6 is 0 Å². The van der Waals surface area contributed by atoms with E-state index in [1.165, 1.54) is 4.90 Å². The fraction of sp³-hybridized carbons (Fsp3) is 0.882. The molecule has 1 unspecified atom stereocenters. The van der Waals surface area contributed by atoms with Crippen LogP contribution in [0.3, 0.4) is 0 Å². The van der Waals surface area contributed by atoms with Crippen molar-refractivity contribution in [2.45, 2.75) is 65.1 Å². The van der Waals surface area contributed by atoms with Gasteiger partial charge in [-0.1, -0.05) is 13.8 Å². The molecule has 1 heterocycles. The Balaban J connectivity index is 2.49. The van der Waals surface area contributed by atoms with E-state index in [1.54, 1.807) is 20.8 Å². The lowest BCUT2D eigenvalue weighted by Gasteiger charge is -2.40. The molecule has 1 aliphatic heterocycles. The first kappa shape index (κ1) is 20.7. The SMILES string of the molecule is CCN(CC)CCC(CO)NC(=O)[C@H]1CCN1C(=O)OC(C)(C)C. The average molecular weight is 343 g/mol. The molecule has 1 rings (SSSR count). The second-order valence-electron chi connectivity index (χ2n) is 7.18. The quantitative estimate of drug-likeness (QED) is 0.692. The van der Waals surface area contributed by atoms with Gasteiger partial charge in [-0.3, -0.25) is 9.69 Å². The summed E-state index contributed by atoms with van der Waals surface area (Å²) in [5.41, 5.74) is -0.578. The van der Waals surface area contributed by atoms with Crippen molar-refractivity contribution in [3.8, 4) is 0 Å². The third kappa shape index (κ3) is 6.28. The lowest BCUT2D eigenvalue weighted by molar-refractivity contribution is -0.131. The summed E-state index contributed by atoms with van der Waals surface area (Å²) in [7, 11) is 0. The smallest absolute Gasteiger partial charge is 0.410 e. The summed E-state index contributed by atoms with van der Waals surface area (Å²) in [4.78, 5) is 28.1. The van der Waals surface area contributed by atoms with E-state index in [2.05, 4.69) is 24.1 Å². The van der Waals surface area contributed by atoms with E-state index < -0.39 is 17.7 Å². The first-order chi connectivity index (χ1) is 11.2. The van der Waals surface area contributed by atoms with Crippen molar-refractivity contribution >= 4 is 12.0 Å². The number of likely N-dealkylation sites (tertiary alicyclic amines) is 1. The maximum absolute atomic E-state index is 12.4. The molecule has 2 N–H and O–H groups in total. The molecule has 0 aromatic carbocycles. The van der Waals surface area contributed by atoms with Crippen molar-refractivity contribution in [2.75, 3.05) is 32.8 Å². The molecular weight excluding hydrogens is 310 g/mol. The van der Waals surface area contributed by atoms with Gasteiger partial charge in [-0.05, 0) is 46.7 Å². The maximum Gasteiger partial charge on any atom is 0.410 e. The zero-order chi connectivity index (χ0) is 18.3. The highest BCUT2D eigenvalue weighted by molar-refractivity contribution is 5.87. The standard InChI is InChI=1S/C17H33N3O4/c1-6-19(7-2)10-8-13(12-21)18-15(22)14-9-11-20(14)16(23)24-17(3,4)5/h13-14,21H,6-12H2,1-5H3,(H,18,22)/t13?,14-/m1/s1. The summed E-state index contributed by atoms with van der Waals surface area (Å²) in [5.74, 6) is -0.217. The summed E-state index contributed by atoms with van der Waals surface area (Å²) in [5, 5.41) is 12.3. The van der Waals surface area contributed by atoms with Crippen LogP contribution in [0.15, 0.2) is 0 Å². The number of hydrogen-bond acceptors (Lipinski definition) is 5. The molecular formula is C17H33N3O4. The van der Waals surface area contributed by atoms with E-state index in [0.717, 1.165) is 19.6 Å². The Labute approximate surface area is 145 Å². The first-order valence-electron chi connectivity index (χ1n) is 8.85. The highest BCUT2D eigenvalue weighted by Crippen LogP contribution is 2.21. The van der Waals surface area contributed by atoms with E-state index in [4.69, 9.17) is 4.74 Å². The second kappa shape index (κ2) is 9.22. The molecule has 7 heteroatoms. The lowest BCUT2D eigenvalue weighted by Crippen LogP contribution is -2.60. The zero-order valence-electron chi connectivity index (χ0n) is 15.7. The minimum Gasteiger partial charge on any atom is -0.444 e. The van der Waals surface area contributed by atoms with E-state index in [9.17, 15) is 14.7 Å². The number of rotatable bonds is 8. The third-order valence-corrected chi connectivity index (χ3v) is 4.21. The van der Waals surface area contributed by atoms with Gasteiger partial charge in [-0.25, -0.2) is 4.79 Å². The van der Waals surface area contributed by atoms with Crippen molar-refractivity contribution in [1.29, 1.82) is 0 Å². The Morgan fingerprint density at radius 1 is 1.33 bits per heavy atom. The number of amides is 2. The van der Waals surface area contributed by atoms with Crippen LogP contribution < -0.4 is 5.32 Å². The van der Waals surface area contributed by atoms with Crippen molar-refractivity contribution < 1.29 is 19.4 Å². The number of hydrogen-bond donors (Lipinski definition) is 2. The molecule has 0 aromatic heterocycles. The Hall–Kier alpha value is -1.34. The molecule has 24 heavy (non-hydrogen) atoms. The molecule has 0 bridgehead atoms. The summed E-state index contributed by atoms with van der Waals surface area (Å²) in [6.45, 7) is 12.7.